The van der Waals surface area contributed by atoms with Gasteiger partial charge in [0.15, 0.2) is 6.10 Å². The van der Waals surface area contributed by atoms with Crippen molar-refractivity contribution in [2.45, 2.75) is 180 Å². The Morgan fingerprint density at radius 2 is 1.27 bits per heavy atom. The molecule has 0 aromatic carbocycles. The summed E-state index contributed by atoms with van der Waals surface area (Å²) >= 11 is 0. The van der Waals surface area contributed by atoms with Crippen molar-refractivity contribution in [1.29, 1.82) is 0 Å². The van der Waals surface area contributed by atoms with E-state index in [1.54, 1.807) is 19.1 Å². The molecule has 5 unspecified atom stereocenters. The highest BCUT2D eigenvalue weighted by Gasteiger charge is 2.46. The molecular weight excluding hydrogens is 1190 g/mol. The van der Waals surface area contributed by atoms with Gasteiger partial charge >= 0.3 is 23.9 Å². The molecule has 0 spiro atoms. The van der Waals surface area contributed by atoms with Gasteiger partial charge in [-0.2, -0.15) is 0 Å². The van der Waals surface area contributed by atoms with Gasteiger partial charge in [-0.3, -0.25) is 67.1 Å². The summed E-state index contributed by atoms with van der Waals surface area (Å²) in [5.74, 6) is -26.6. The van der Waals surface area contributed by atoms with Crippen LogP contribution >= 0.6 is 0 Å². The van der Waals surface area contributed by atoms with Gasteiger partial charge in [-0.25, -0.2) is 4.79 Å². The summed E-state index contributed by atoms with van der Waals surface area (Å²) in [6, 6.07) is -19.7. The number of carbonyl (C=O) groups excluding carboxylic acids is 11. The molecule has 18 N–H and O–H groups in total. The second kappa shape index (κ2) is 37.4. The molecule has 0 aromatic rings. The summed E-state index contributed by atoms with van der Waals surface area (Å²) in [6.45, 7) is 11.0. The number of amides is 11. The van der Waals surface area contributed by atoms with Gasteiger partial charge in [0.2, 0.25) is 65.0 Å². The lowest BCUT2D eigenvalue weighted by molar-refractivity contribution is -0.153. The Kier molecular flexibility index (Phi) is 32.2. The number of nitrogens with zero attached hydrogens (tertiary/aromatic N) is 1. The van der Waals surface area contributed by atoms with E-state index in [2.05, 4.69) is 44.1 Å². The van der Waals surface area contributed by atoms with Crippen LogP contribution in [0.3, 0.4) is 0 Å². The average Bonchev–Trinajstić information content (AvgIpc) is 2.70. The number of unbranched alkanes of at least 4 members (excludes halogenated alkanes) is 1. The number of rotatable bonds is 24. The predicted octanol–water partition coefficient (Wildman–Crippen LogP) is -4.55. The Balaban J connectivity index is 3.00. The zero-order valence-corrected chi connectivity index (χ0v) is 51.9. The van der Waals surface area contributed by atoms with Crippen LogP contribution in [0.25, 0.3) is 0 Å². The van der Waals surface area contributed by atoms with Gasteiger partial charge in [0.25, 0.3) is 0 Å². The zero-order valence-electron chi connectivity index (χ0n) is 51.9. The van der Waals surface area contributed by atoms with Crippen LogP contribution in [0, 0.1) is 35.5 Å². The minimum atomic E-state index is -2.86. The molecule has 2 saturated heterocycles. The summed E-state index contributed by atoms with van der Waals surface area (Å²) in [7, 11) is 0. The zero-order chi connectivity index (χ0) is 68.4. The fourth-order valence-electron chi connectivity index (χ4n) is 9.45. The molecule has 504 valence electrons. The van der Waals surface area contributed by atoms with Crippen LogP contribution < -0.4 is 58.9 Å². The third-order valence-electron chi connectivity index (χ3n) is 15.2. The fraction of sp³-hybridized carbons (Fsp3) is 0.667. The first-order valence-electron chi connectivity index (χ1n) is 29.6. The number of hydrogen-bond acceptors (Lipinski definition) is 18. The number of aliphatic hydroxyl groups is 2. The number of fused-ring (bicyclic) bond motifs is 1. The normalized spacial score (nSPS) is 25.9. The van der Waals surface area contributed by atoms with E-state index in [9.17, 15) is 103 Å². The van der Waals surface area contributed by atoms with E-state index in [1.807, 2.05) is 22.9 Å². The van der Waals surface area contributed by atoms with Crippen LogP contribution in [0.1, 0.15) is 114 Å². The molecule has 11 amide bonds. The standard InChI is InChI=1S/C57H90N12O21/c1-10-28(6)17-13-11-12-14-19-36(71)63-41(30(8)55(85)86)51(81)67-43-34(25-70)62-48(78)35-21-29(7)24-69(35)54(84)40(27(4)5)66-50(80)42(31(9)56(87)88)64-37(72)23-59-46(76)33(22-38(73)74)61-53(83)44(45(75)57(89)90)68-47(77)32(18-15-16-20-58)60-49(79)39(26(2)3)65-52(43)82/h11-12,14,19,26-35,39-45,70,75H,10,13,15-18,20-25,58H2,1-9H3,(H,59,76)(H,60,79)(H,61,83)(H,62,78)(H,63,71)(H,64,72)(H,65,82)(H,66,80)(H,67,81)(H,68,77)(H,73,74)(H,85,86)(H,87,88)(H,89,90)/b12-11-,19-14+/t28?,29-,30?,31?,32+,33+,34?,35+,39-,40+,41+,42-,43+,44+,45?/m1/s1. The first-order valence-corrected chi connectivity index (χ1v) is 29.6. The monoisotopic (exact) mass is 1280 g/mol. The highest BCUT2D eigenvalue weighted by molar-refractivity contribution is 6.02. The molecule has 2 aliphatic heterocycles. The van der Waals surface area contributed by atoms with Gasteiger partial charge in [0.05, 0.1) is 37.5 Å². The molecule has 33 nitrogen and oxygen atoms in total. The molecule has 0 bridgehead atoms. The lowest BCUT2D eigenvalue weighted by Crippen LogP contribution is -2.67. The van der Waals surface area contributed by atoms with Crippen molar-refractivity contribution >= 4 is 88.9 Å². The number of nitrogens with one attached hydrogen (secondary N) is 10. The van der Waals surface area contributed by atoms with Crippen molar-refractivity contribution in [3.8, 4) is 0 Å². The van der Waals surface area contributed by atoms with Crippen molar-refractivity contribution in [3.63, 3.8) is 0 Å². The summed E-state index contributed by atoms with van der Waals surface area (Å²) in [5.41, 5.74) is 5.69. The van der Waals surface area contributed by atoms with Gasteiger partial charge < -0.3 is 94.4 Å². The van der Waals surface area contributed by atoms with Crippen LogP contribution in [0.15, 0.2) is 24.3 Å². The van der Waals surface area contributed by atoms with Crippen LogP contribution in [0.2, 0.25) is 0 Å². The van der Waals surface area contributed by atoms with E-state index in [4.69, 9.17) is 5.73 Å². The Bertz CT molecular complexity index is 2670. The molecule has 2 heterocycles. The maximum Gasteiger partial charge on any atom is 0.335 e. The highest BCUT2D eigenvalue weighted by Crippen LogP contribution is 2.26. The van der Waals surface area contributed by atoms with Crippen molar-refractivity contribution in [3.05, 3.63) is 24.3 Å². The highest BCUT2D eigenvalue weighted by atomic mass is 16.4. The first kappa shape index (κ1) is 77.5. The van der Waals surface area contributed by atoms with Crippen molar-refractivity contribution in [2.75, 3.05) is 26.2 Å². The number of hydrogen-bond donors (Lipinski definition) is 17. The third-order valence-corrected chi connectivity index (χ3v) is 15.2. The van der Waals surface area contributed by atoms with Crippen molar-refractivity contribution < 1.29 is 103 Å². The first-order chi connectivity index (χ1) is 42.1. The molecule has 0 aliphatic carbocycles. The van der Waals surface area contributed by atoms with Crippen molar-refractivity contribution in [1.82, 2.24) is 58.1 Å². The molecule has 0 saturated carbocycles. The fourth-order valence-corrected chi connectivity index (χ4v) is 9.45. The molecule has 0 aromatic heterocycles. The van der Waals surface area contributed by atoms with Gasteiger partial charge in [0, 0.05) is 12.6 Å². The topological polar surface area (TPSA) is 527 Å². The van der Waals surface area contributed by atoms with Crippen LogP contribution in [0.4, 0.5) is 0 Å². The third kappa shape index (κ3) is 24.1. The van der Waals surface area contributed by atoms with Gasteiger partial charge in [-0.05, 0) is 82.6 Å². The molecule has 2 fully saturated rings. The molecule has 0 radical (unpaired) electrons. The smallest absolute Gasteiger partial charge is 0.335 e. The number of nitrogens with two attached hydrogens (primary N) is 1. The predicted molar refractivity (Wildman–Crippen MR) is 316 cm³/mol. The molecule has 90 heavy (non-hydrogen) atoms. The van der Waals surface area contributed by atoms with E-state index >= 15 is 0 Å². The summed E-state index contributed by atoms with van der Waals surface area (Å²) in [5, 5.41) is 83.8. The van der Waals surface area contributed by atoms with Gasteiger partial charge in [0.1, 0.15) is 54.4 Å². The number of carbonyl (C=O) groups is 15. The lowest BCUT2D eigenvalue weighted by atomic mass is 9.97. The average molecular weight is 1280 g/mol. The number of carboxylic acids is 4. The number of allylic oxidation sites excluding steroid dienone is 3. The Morgan fingerprint density at radius 1 is 0.678 bits per heavy atom. The molecule has 15 atom stereocenters. The van der Waals surface area contributed by atoms with E-state index in [1.165, 1.54) is 33.8 Å². The minimum Gasteiger partial charge on any atom is -0.481 e. The Hall–Kier alpha value is -8.59. The van der Waals surface area contributed by atoms with Gasteiger partial charge in [-0.1, -0.05) is 73.1 Å². The Morgan fingerprint density at radius 3 is 1.82 bits per heavy atom. The maximum absolute atomic E-state index is 14.9. The van der Waals surface area contributed by atoms with E-state index in [0.29, 0.717) is 12.3 Å². The number of aliphatic carboxylic acids is 4. The van der Waals surface area contributed by atoms with Crippen molar-refractivity contribution in [2.24, 2.45) is 41.2 Å². The minimum absolute atomic E-state index is 0.0330. The lowest BCUT2D eigenvalue weighted by Gasteiger charge is -2.34. The molecule has 33 heteroatoms. The van der Waals surface area contributed by atoms with Gasteiger partial charge in [-0.15, -0.1) is 0 Å². The quantitative estimate of drug-likeness (QED) is 0.0246. The van der Waals surface area contributed by atoms with Crippen LogP contribution in [0.5, 0.6) is 0 Å². The Labute approximate surface area is 520 Å². The second-order valence-electron chi connectivity index (χ2n) is 23.2. The number of aliphatic hydroxyl groups excluding tert-OH is 2. The number of carboxylic acid groups (broad SMARTS) is 4. The van der Waals surface area contributed by atoms with Crippen LogP contribution in [-0.2, 0) is 71.9 Å². The summed E-state index contributed by atoms with van der Waals surface area (Å²) in [4.78, 5) is 206. The van der Waals surface area contributed by atoms with E-state index < -0.39 is 205 Å². The largest absolute Gasteiger partial charge is 0.481 e. The summed E-state index contributed by atoms with van der Waals surface area (Å²) in [6.07, 6.45) is 3.79. The van der Waals surface area contributed by atoms with Crippen LogP contribution in [-0.4, -0.2) is 217 Å². The molecule has 2 aliphatic rings. The van der Waals surface area contributed by atoms with E-state index in [0.717, 1.165) is 37.7 Å². The van der Waals surface area contributed by atoms with E-state index in [-0.39, 0.29) is 38.8 Å². The summed E-state index contributed by atoms with van der Waals surface area (Å²) < 4.78 is 0. The molecule has 2 rings (SSSR count). The second-order valence-corrected chi connectivity index (χ2v) is 23.2. The molecular formula is C57H90N12O21. The maximum atomic E-state index is 14.9. The SMILES string of the molecule is CCC(C)CC/C=C\C=C\C(=O)N[C@H](C(=O)N[C@@H]1C(=O)N[C@H](C(C)C)C(=O)N[C@@H](CCCCN)C(=O)N[C@@H](C(O)C(=O)O)C(=O)N[C@@H](CC(=O)O)C(=O)NCC(=O)N[C@H](C(C)C(=O)O)C(=O)N[C@@H](C(C)C)C(=O)N2C[C@H](C)C[C@H]2C(=O)NC1CO)C(C)C(=O)O.